The summed E-state index contributed by atoms with van der Waals surface area (Å²) in [7, 11) is 0. The van der Waals surface area contributed by atoms with Crippen molar-refractivity contribution in [3.05, 3.63) is 83.9 Å². The van der Waals surface area contributed by atoms with Gasteiger partial charge in [0.1, 0.15) is 12.1 Å². The van der Waals surface area contributed by atoms with E-state index in [-0.39, 0.29) is 12.8 Å². The van der Waals surface area contributed by atoms with Gasteiger partial charge in [-0.05, 0) is 28.3 Å². The zero-order valence-corrected chi connectivity index (χ0v) is 20.1. The first-order valence-electron chi connectivity index (χ1n) is 11.7. The summed E-state index contributed by atoms with van der Waals surface area (Å²) < 4.78 is 0. The quantitative estimate of drug-likeness (QED) is 0.202. The fourth-order valence-corrected chi connectivity index (χ4v) is 3.77. The summed E-state index contributed by atoms with van der Waals surface area (Å²) in [6.45, 7) is -1.34. The van der Waals surface area contributed by atoms with Crippen molar-refractivity contribution in [3.8, 4) is 0 Å². The Morgan fingerprint density at radius 1 is 0.757 bits per heavy atom. The molecule has 0 aliphatic heterocycles. The van der Waals surface area contributed by atoms with Crippen LogP contribution >= 0.6 is 0 Å². The van der Waals surface area contributed by atoms with Crippen LogP contribution in [0.1, 0.15) is 11.1 Å². The number of benzene rings is 3. The molecule has 0 saturated carbocycles. The van der Waals surface area contributed by atoms with E-state index in [1.54, 1.807) is 0 Å². The molecule has 3 atom stereocenters. The fourth-order valence-electron chi connectivity index (χ4n) is 3.77. The summed E-state index contributed by atoms with van der Waals surface area (Å²) in [5, 5.41) is 27.2. The van der Waals surface area contributed by atoms with Gasteiger partial charge in [-0.1, -0.05) is 72.8 Å². The van der Waals surface area contributed by atoms with Gasteiger partial charge in [0.15, 0.2) is 0 Å². The first-order valence-corrected chi connectivity index (χ1v) is 11.7. The Kier molecular flexibility index (Phi) is 9.70. The standard InChI is InChI=1S/C27H30N4O6/c28-21(13-17-6-2-1-3-7-17)25(34)31-22(14-18-10-11-19-8-4-5-9-20(19)12-18)26(35)29-15-24(33)30-23(16-32)27(36)37/h1-12,21-23,32H,13-16,28H2,(H,29,35)(H,30,33)(H,31,34)(H,36,37)/t21-,22-,23-/m1/s1. The summed E-state index contributed by atoms with van der Waals surface area (Å²) in [4.78, 5) is 49.0. The average Bonchev–Trinajstić information content (AvgIpc) is 2.90. The van der Waals surface area contributed by atoms with E-state index in [0.717, 1.165) is 21.9 Å². The summed E-state index contributed by atoms with van der Waals surface area (Å²) in [5.74, 6) is -3.37. The number of aliphatic hydroxyl groups is 1. The minimum Gasteiger partial charge on any atom is -0.480 e. The monoisotopic (exact) mass is 506 g/mol. The molecule has 3 aromatic rings. The van der Waals surface area contributed by atoms with Gasteiger partial charge >= 0.3 is 5.97 Å². The van der Waals surface area contributed by atoms with Crippen molar-refractivity contribution in [3.63, 3.8) is 0 Å². The molecule has 0 aliphatic carbocycles. The predicted octanol–water partition coefficient (Wildman–Crippen LogP) is 0.115. The number of amides is 3. The maximum Gasteiger partial charge on any atom is 0.328 e. The Bertz CT molecular complexity index is 1250. The molecule has 0 aromatic heterocycles. The number of aliphatic hydroxyl groups excluding tert-OH is 1. The largest absolute Gasteiger partial charge is 0.480 e. The van der Waals surface area contributed by atoms with Crippen molar-refractivity contribution < 1.29 is 29.4 Å². The van der Waals surface area contributed by atoms with Crippen LogP contribution in [0.25, 0.3) is 10.8 Å². The van der Waals surface area contributed by atoms with Crippen LogP contribution in [-0.2, 0) is 32.0 Å². The van der Waals surface area contributed by atoms with Gasteiger partial charge in [-0.3, -0.25) is 14.4 Å². The van der Waals surface area contributed by atoms with Crippen LogP contribution in [0.5, 0.6) is 0 Å². The number of nitrogens with two attached hydrogens (primary N) is 1. The van der Waals surface area contributed by atoms with Crippen LogP contribution in [0.4, 0.5) is 0 Å². The first kappa shape index (κ1) is 27.3. The molecule has 10 heteroatoms. The van der Waals surface area contributed by atoms with Gasteiger partial charge in [0.2, 0.25) is 17.7 Å². The summed E-state index contributed by atoms with van der Waals surface area (Å²) in [6.07, 6.45) is 0.410. The van der Waals surface area contributed by atoms with E-state index >= 15 is 0 Å². The van der Waals surface area contributed by atoms with Crippen molar-refractivity contribution in [2.75, 3.05) is 13.2 Å². The topological polar surface area (TPSA) is 171 Å². The number of carbonyl (C=O) groups is 4. The first-order chi connectivity index (χ1) is 17.8. The van der Waals surface area contributed by atoms with Gasteiger partial charge in [-0.25, -0.2) is 4.79 Å². The van der Waals surface area contributed by atoms with Crippen molar-refractivity contribution in [1.29, 1.82) is 0 Å². The Hall–Kier alpha value is -4.28. The second-order valence-electron chi connectivity index (χ2n) is 8.60. The molecule has 0 saturated heterocycles. The van der Waals surface area contributed by atoms with Crippen LogP contribution in [0.3, 0.4) is 0 Å². The number of carbonyl (C=O) groups excluding carboxylic acids is 3. The Morgan fingerprint density at radius 2 is 1.43 bits per heavy atom. The van der Waals surface area contributed by atoms with Gasteiger partial charge in [0.05, 0.1) is 19.2 Å². The second kappa shape index (κ2) is 13.1. The molecule has 3 amide bonds. The number of carboxylic acids is 1. The lowest BCUT2D eigenvalue weighted by Gasteiger charge is -2.21. The van der Waals surface area contributed by atoms with Crippen molar-refractivity contribution in [2.24, 2.45) is 5.73 Å². The minimum atomic E-state index is -1.49. The highest BCUT2D eigenvalue weighted by molar-refractivity contribution is 5.93. The molecule has 0 bridgehead atoms. The lowest BCUT2D eigenvalue weighted by Crippen LogP contribution is -2.54. The summed E-state index contributed by atoms with van der Waals surface area (Å²) >= 11 is 0. The van der Waals surface area contributed by atoms with E-state index in [0.29, 0.717) is 0 Å². The molecule has 37 heavy (non-hydrogen) atoms. The lowest BCUT2D eigenvalue weighted by molar-refractivity contribution is -0.142. The van der Waals surface area contributed by atoms with Crippen LogP contribution in [0.15, 0.2) is 72.8 Å². The average molecular weight is 507 g/mol. The molecule has 0 aliphatic rings. The van der Waals surface area contributed by atoms with E-state index in [9.17, 15) is 19.2 Å². The van der Waals surface area contributed by atoms with Crippen LogP contribution in [0.2, 0.25) is 0 Å². The normalized spacial score (nSPS) is 13.2. The smallest absolute Gasteiger partial charge is 0.328 e. The molecule has 0 radical (unpaired) electrons. The minimum absolute atomic E-state index is 0.135. The molecule has 7 N–H and O–H groups in total. The molecule has 0 unspecified atom stereocenters. The third-order valence-electron chi connectivity index (χ3n) is 5.76. The molecule has 0 fully saturated rings. The molecule has 0 spiro atoms. The number of hydrogen-bond donors (Lipinski definition) is 6. The number of hydrogen-bond acceptors (Lipinski definition) is 6. The number of rotatable bonds is 12. The number of carboxylic acid groups (broad SMARTS) is 1. The highest BCUT2D eigenvalue weighted by Crippen LogP contribution is 2.17. The summed E-state index contributed by atoms with van der Waals surface area (Å²) in [5.41, 5.74) is 7.75. The van der Waals surface area contributed by atoms with E-state index < -0.39 is 55.0 Å². The molecule has 194 valence electrons. The van der Waals surface area contributed by atoms with Crippen molar-refractivity contribution in [2.45, 2.75) is 31.0 Å². The zero-order chi connectivity index (χ0) is 26.8. The van der Waals surface area contributed by atoms with Crippen LogP contribution in [0, 0.1) is 0 Å². The third kappa shape index (κ3) is 8.13. The van der Waals surface area contributed by atoms with E-state index in [1.807, 2.05) is 72.8 Å². The Balaban J connectivity index is 1.71. The lowest BCUT2D eigenvalue weighted by atomic mass is 10.00. The Labute approximate surface area is 213 Å². The van der Waals surface area contributed by atoms with Gasteiger partial charge in [-0.15, -0.1) is 0 Å². The highest BCUT2D eigenvalue weighted by Gasteiger charge is 2.25. The molecular weight excluding hydrogens is 476 g/mol. The summed E-state index contributed by atoms with van der Waals surface area (Å²) in [6, 6.07) is 19.2. The molecule has 3 aromatic carbocycles. The SMILES string of the molecule is N[C@H](Cc1ccccc1)C(=O)N[C@H](Cc1ccc2ccccc2c1)C(=O)NCC(=O)N[C@H](CO)C(=O)O. The van der Waals surface area contributed by atoms with Crippen molar-refractivity contribution >= 4 is 34.5 Å². The van der Waals surface area contributed by atoms with Gasteiger partial charge in [0.25, 0.3) is 0 Å². The van der Waals surface area contributed by atoms with E-state index in [4.69, 9.17) is 15.9 Å². The highest BCUT2D eigenvalue weighted by atomic mass is 16.4. The fraction of sp³-hybridized carbons (Fsp3) is 0.259. The number of fused-ring (bicyclic) bond motifs is 1. The van der Waals surface area contributed by atoms with Gasteiger partial charge in [0, 0.05) is 6.42 Å². The molecule has 0 heterocycles. The van der Waals surface area contributed by atoms with Gasteiger partial charge in [-0.2, -0.15) is 0 Å². The maximum atomic E-state index is 13.0. The predicted molar refractivity (Wildman–Crippen MR) is 137 cm³/mol. The van der Waals surface area contributed by atoms with Crippen LogP contribution < -0.4 is 21.7 Å². The molecular formula is C27H30N4O6. The molecule has 10 nitrogen and oxygen atoms in total. The Morgan fingerprint density at radius 3 is 2.11 bits per heavy atom. The van der Waals surface area contributed by atoms with E-state index in [2.05, 4.69) is 16.0 Å². The molecule has 3 rings (SSSR count). The van der Waals surface area contributed by atoms with Gasteiger partial charge < -0.3 is 31.9 Å². The van der Waals surface area contributed by atoms with E-state index in [1.165, 1.54) is 0 Å². The van der Waals surface area contributed by atoms with Crippen molar-refractivity contribution in [1.82, 2.24) is 16.0 Å². The third-order valence-corrected chi connectivity index (χ3v) is 5.76. The number of nitrogens with one attached hydrogen (secondary N) is 3. The zero-order valence-electron chi connectivity index (χ0n) is 20.1. The number of aliphatic carboxylic acids is 1. The maximum absolute atomic E-state index is 13.0. The van der Waals surface area contributed by atoms with Crippen LogP contribution in [-0.4, -0.2) is 65.2 Å². The second-order valence-corrected chi connectivity index (χ2v) is 8.60.